The van der Waals surface area contributed by atoms with Gasteiger partial charge >= 0.3 is 23.9 Å². The van der Waals surface area contributed by atoms with Crippen LogP contribution in [0.2, 0.25) is 0 Å². The van der Waals surface area contributed by atoms with E-state index >= 15 is 0 Å². The van der Waals surface area contributed by atoms with Crippen LogP contribution in [0, 0.1) is 0 Å². The lowest BCUT2D eigenvalue weighted by Crippen LogP contribution is -2.28. The maximum Gasteiger partial charge on any atom is 0.354 e. The minimum absolute atomic E-state index is 0.0831. The quantitative estimate of drug-likeness (QED) is 0.123. The molecule has 0 aliphatic heterocycles. The molecular weight excluding hydrogens is 596 g/mol. The largest absolute Gasteiger partial charge is 0.477 e. The Bertz CT molecular complexity index is 1470. The molecule has 14 nitrogen and oxygen atoms in total. The highest BCUT2D eigenvalue weighted by molar-refractivity contribution is 5.86. The van der Waals surface area contributed by atoms with Gasteiger partial charge in [-0.1, -0.05) is 24.3 Å². The number of hydrogen-bond acceptors (Lipinski definition) is 10. The van der Waals surface area contributed by atoms with E-state index in [9.17, 15) is 39.6 Å². The van der Waals surface area contributed by atoms with E-state index < -0.39 is 23.9 Å². The summed E-state index contributed by atoms with van der Waals surface area (Å²) in [7, 11) is 0. The molecule has 4 aromatic rings. The number of pyridine rings is 4. The van der Waals surface area contributed by atoms with Crippen LogP contribution in [0.15, 0.2) is 72.8 Å². The topological polar surface area (TPSA) is 207 Å². The molecule has 0 saturated heterocycles. The predicted octanol–water partition coefficient (Wildman–Crippen LogP) is 3.54. The number of hydrogen-bond donors (Lipinski definition) is 4. The lowest BCUT2D eigenvalue weighted by Gasteiger charge is -2.24. The average Bonchev–Trinajstić information content (AvgIpc) is 3.03. The second-order valence-electron chi connectivity index (χ2n) is 10.4. The summed E-state index contributed by atoms with van der Waals surface area (Å²) in [4.78, 5) is 66.7. The first kappa shape index (κ1) is 33.3. The van der Waals surface area contributed by atoms with E-state index in [1.54, 1.807) is 48.5 Å². The normalized spacial score (nSPS) is 11.1. The van der Waals surface area contributed by atoms with Gasteiger partial charge < -0.3 is 20.4 Å². The van der Waals surface area contributed by atoms with Crippen molar-refractivity contribution in [3.05, 3.63) is 118 Å². The Labute approximate surface area is 263 Å². The molecule has 0 aliphatic rings. The summed E-state index contributed by atoms with van der Waals surface area (Å²) in [5.41, 5.74) is 1.80. The molecule has 4 aromatic heterocycles. The fraction of sp³-hybridized carbons (Fsp3) is 0.250. The smallest absolute Gasteiger partial charge is 0.354 e. The molecule has 4 rings (SSSR count). The maximum absolute atomic E-state index is 11.5. The van der Waals surface area contributed by atoms with E-state index in [1.807, 2.05) is 9.80 Å². The van der Waals surface area contributed by atoms with Gasteiger partial charge in [0.2, 0.25) is 0 Å². The molecule has 0 amide bonds. The van der Waals surface area contributed by atoms with Crippen molar-refractivity contribution >= 4 is 23.9 Å². The zero-order valence-corrected chi connectivity index (χ0v) is 24.7. The third kappa shape index (κ3) is 9.97. The van der Waals surface area contributed by atoms with Gasteiger partial charge in [-0.15, -0.1) is 0 Å². The number of carboxylic acids is 4. The second-order valence-corrected chi connectivity index (χ2v) is 10.4. The summed E-state index contributed by atoms with van der Waals surface area (Å²) in [6.07, 6.45) is 1.33. The van der Waals surface area contributed by atoms with Crippen LogP contribution in [-0.2, 0) is 26.2 Å². The molecule has 0 fully saturated rings. The molecule has 4 heterocycles. The summed E-state index contributed by atoms with van der Waals surface area (Å²) >= 11 is 0. The number of carboxylic acid groups (broad SMARTS) is 4. The van der Waals surface area contributed by atoms with Crippen molar-refractivity contribution in [1.29, 1.82) is 0 Å². The van der Waals surface area contributed by atoms with Crippen LogP contribution < -0.4 is 0 Å². The molecule has 0 unspecified atom stereocenters. The first-order chi connectivity index (χ1) is 22.1. The van der Waals surface area contributed by atoms with Crippen molar-refractivity contribution < 1.29 is 39.6 Å². The standard InChI is InChI=1S/C32H32N6O8/c39-29(40)25-11-3-7-21(33-25)17-37(18-22-8-4-12-26(34-22)30(41)42)15-1-2-16-38(19-23-9-5-13-27(35-23)31(43)44)20-24-10-6-14-28(36-24)32(45)46/h3-14H,1-2,15-20H2,(H,39,40)(H,41,42)(H,43,44)(H,45,46). The molecule has 0 atom stereocenters. The minimum Gasteiger partial charge on any atom is -0.477 e. The number of carbonyl (C=O) groups is 4. The molecule has 0 radical (unpaired) electrons. The molecule has 238 valence electrons. The van der Waals surface area contributed by atoms with Crippen molar-refractivity contribution in [2.24, 2.45) is 0 Å². The van der Waals surface area contributed by atoms with Crippen LogP contribution in [0.5, 0.6) is 0 Å². The van der Waals surface area contributed by atoms with Gasteiger partial charge in [0.15, 0.2) is 0 Å². The fourth-order valence-corrected chi connectivity index (χ4v) is 4.76. The van der Waals surface area contributed by atoms with Crippen molar-refractivity contribution in [2.75, 3.05) is 13.1 Å². The van der Waals surface area contributed by atoms with E-state index in [0.717, 1.165) is 0 Å². The minimum atomic E-state index is -1.14. The Morgan fingerprint density at radius 2 is 0.674 bits per heavy atom. The predicted molar refractivity (Wildman–Crippen MR) is 162 cm³/mol. The SMILES string of the molecule is O=C(O)c1cccc(CN(CCCCN(Cc2cccc(C(=O)O)n2)Cc2cccc(C(=O)O)n2)Cc2cccc(C(=O)O)n2)n1. The number of nitrogens with zero attached hydrogens (tertiary/aromatic N) is 6. The van der Waals surface area contributed by atoms with Crippen LogP contribution in [0.4, 0.5) is 0 Å². The number of aromatic carboxylic acids is 4. The van der Waals surface area contributed by atoms with Crippen LogP contribution in [-0.4, -0.2) is 87.1 Å². The van der Waals surface area contributed by atoms with Gasteiger partial charge in [-0.25, -0.2) is 39.1 Å². The average molecular weight is 629 g/mol. The first-order valence-electron chi connectivity index (χ1n) is 14.3. The Morgan fingerprint density at radius 3 is 0.891 bits per heavy atom. The summed E-state index contributed by atoms with van der Waals surface area (Å²) in [5.74, 6) is -4.57. The van der Waals surface area contributed by atoms with Crippen molar-refractivity contribution in [3.63, 3.8) is 0 Å². The van der Waals surface area contributed by atoms with Gasteiger partial charge in [0.25, 0.3) is 0 Å². The number of unbranched alkanes of at least 4 members (excludes halogenated alkanes) is 1. The third-order valence-corrected chi connectivity index (χ3v) is 6.84. The third-order valence-electron chi connectivity index (χ3n) is 6.84. The highest BCUT2D eigenvalue weighted by atomic mass is 16.4. The second kappa shape index (κ2) is 15.9. The van der Waals surface area contributed by atoms with Crippen LogP contribution in [0.1, 0.15) is 77.6 Å². The molecule has 14 heteroatoms. The fourth-order valence-electron chi connectivity index (χ4n) is 4.76. The summed E-state index contributed by atoms with van der Waals surface area (Å²) in [6, 6.07) is 19.0. The van der Waals surface area contributed by atoms with Crippen LogP contribution >= 0.6 is 0 Å². The molecule has 0 saturated carbocycles. The summed E-state index contributed by atoms with van der Waals surface area (Å²) in [6.45, 7) is 2.24. The monoisotopic (exact) mass is 628 g/mol. The lowest BCUT2D eigenvalue weighted by molar-refractivity contribution is 0.0678. The van der Waals surface area contributed by atoms with Gasteiger partial charge in [0, 0.05) is 26.2 Å². The zero-order chi connectivity index (χ0) is 33.1. The van der Waals surface area contributed by atoms with E-state index in [4.69, 9.17) is 0 Å². The molecule has 0 aliphatic carbocycles. The van der Waals surface area contributed by atoms with Gasteiger partial charge in [-0.2, -0.15) is 0 Å². The summed E-state index contributed by atoms with van der Waals surface area (Å²) in [5, 5.41) is 37.5. The van der Waals surface area contributed by atoms with Gasteiger partial charge in [0.1, 0.15) is 22.8 Å². The number of rotatable bonds is 17. The molecule has 4 N–H and O–H groups in total. The van der Waals surface area contributed by atoms with E-state index in [0.29, 0.717) is 74.9 Å². The molecule has 46 heavy (non-hydrogen) atoms. The highest BCUT2D eigenvalue weighted by Gasteiger charge is 2.16. The molecule has 0 bridgehead atoms. The van der Waals surface area contributed by atoms with Gasteiger partial charge in [-0.05, 0) is 74.5 Å². The summed E-state index contributed by atoms with van der Waals surface area (Å²) < 4.78 is 0. The number of aromatic nitrogens is 4. The highest BCUT2D eigenvalue weighted by Crippen LogP contribution is 2.14. The van der Waals surface area contributed by atoms with Crippen LogP contribution in [0.25, 0.3) is 0 Å². The Morgan fingerprint density at radius 1 is 0.435 bits per heavy atom. The van der Waals surface area contributed by atoms with Gasteiger partial charge in [-0.3, -0.25) is 9.80 Å². The van der Waals surface area contributed by atoms with E-state index in [1.165, 1.54) is 24.3 Å². The van der Waals surface area contributed by atoms with E-state index in [-0.39, 0.29) is 22.8 Å². The Kier molecular flexibility index (Phi) is 11.5. The first-order valence-corrected chi connectivity index (χ1v) is 14.3. The molecular formula is C32H32N6O8. The Balaban J connectivity index is 1.48. The maximum atomic E-state index is 11.5. The molecule has 0 spiro atoms. The van der Waals surface area contributed by atoms with Crippen molar-refractivity contribution in [2.45, 2.75) is 39.0 Å². The van der Waals surface area contributed by atoms with Crippen molar-refractivity contribution in [1.82, 2.24) is 29.7 Å². The van der Waals surface area contributed by atoms with E-state index in [2.05, 4.69) is 19.9 Å². The zero-order valence-electron chi connectivity index (χ0n) is 24.7. The lowest BCUT2D eigenvalue weighted by atomic mass is 10.2. The van der Waals surface area contributed by atoms with Crippen LogP contribution in [0.3, 0.4) is 0 Å². The molecule has 0 aromatic carbocycles. The van der Waals surface area contributed by atoms with Gasteiger partial charge in [0.05, 0.1) is 22.8 Å². The Hall–Kier alpha value is -5.60. The van der Waals surface area contributed by atoms with Crippen molar-refractivity contribution in [3.8, 4) is 0 Å².